The van der Waals surface area contributed by atoms with Gasteiger partial charge in [-0.25, -0.2) is 4.98 Å². The van der Waals surface area contributed by atoms with Gasteiger partial charge in [-0.2, -0.15) is 0 Å². The number of nitro benzene ring substituents is 1. The second-order valence-corrected chi connectivity index (χ2v) is 5.76. The van der Waals surface area contributed by atoms with Crippen molar-refractivity contribution < 1.29 is 14.5 Å². The van der Waals surface area contributed by atoms with Crippen molar-refractivity contribution >= 4 is 22.6 Å². The number of carbonyl (C=O) groups excluding carboxylic acids is 1. The zero-order valence-corrected chi connectivity index (χ0v) is 14.4. The zero-order valence-electron chi connectivity index (χ0n) is 14.4. The number of hydrogen-bond acceptors (Lipinski definition) is 5. The fraction of sp³-hybridized carbons (Fsp3) is 0.222. The molecule has 0 saturated carbocycles. The van der Waals surface area contributed by atoms with Crippen LogP contribution in [0, 0.1) is 10.1 Å². The number of fused-ring (bicyclic) bond motifs is 1. The van der Waals surface area contributed by atoms with Gasteiger partial charge in [0.2, 0.25) is 0 Å². The van der Waals surface area contributed by atoms with Gasteiger partial charge in [-0.05, 0) is 18.2 Å². The minimum Gasteiger partial charge on any atom is -0.497 e. The number of benzene rings is 2. The Hall–Kier alpha value is -3.42. The summed E-state index contributed by atoms with van der Waals surface area (Å²) in [6.45, 7) is 0.371. The predicted octanol–water partition coefficient (Wildman–Crippen LogP) is 2.46. The van der Waals surface area contributed by atoms with E-state index in [1.54, 1.807) is 13.2 Å². The van der Waals surface area contributed by atoms with E-state index in [1.165, 1.54) is 18.2 Å². The zero-order chi connectivity index (χ0) is 18.7. The number of nitrogens with zero attached hydrogens (tertiary/aromatic N) is 3. The van der Waals surface area contributed by atoms with E-state index < -0.39 is 4.92 Å². The van der Waals surface area contributed by atoms with Gasteiger partial charge in [0.15, 0.2) is 0 Å². The number of aryl methyl sites for hydroxylation is 1. The molecular formula is C18H18N4O4. The van der Waals surface area contributed by atoms with Gasteiger partial charge in [-0.3, -0.25) is 14.9 Å². The fourth-order valence-electron chi connectivity index (χ4n) is 2.73. The summed E-state index contributed by atoms with van der Waals surface area (Å²) < 4.78 is 7.17. The maximum absolute atomic E-state index is 12.2. The largest absolute Gasteiger partial charge is 0.497 e. The van der Waals surface area contributed by atoms with E-state index in [9.17, 15) is 14.9 Å². The first-order valence-electron chi connectivity index (χ1n) is 8.01. The minimum atomic E-state index is -0.523. The highest BCUT2D eigenvalue weighted by atomic mass is 16.6. The van der Waals surface area contributed by atoms with Crippen LogP contribution < -0.4 is 10.1 Å². The van der Waals surface area contributed by atoms with Crippen molar-refractivity contribution in [3.63, 3.8) is 0 Å². The molecule has 0 unspecified atom stereocenters. The molecule has 0 aliphatic carbocycles. The topological polar surface area (TPSA) is 99.3 Å². The lowest BCUT2D eigenvalue weighted by Gasteiger charge is -2.06. The van der Waals surface area contributed by atoms with Crippen LogP contribution in [-0.2, 0) is 13.5 Å². The summed E-state index contributed by atoms with van der Waals surface area (Å²) in [5.41, 5.74) is 1.95. The van der Waals surface area contributed by atoms with Crippen molar-refractivity contribution in [3.8, 4) is 5.75 Å². The van der Waals surface area contributed by atoms with Crippen molar-refractivity contribution in [1.29, 1.82) is 0 Å². The normalized spacial score (nSPS) is 10.7. The Morgan fingerprint density at radius 2 is 2.12 bits per heavy atom. The Bertz CT molecular complexity index is 980. The fourth-order valence-corrected chi connectivity index (χ4v) is 2.73. The van der Waals surface area contributed by atoms with Crippen molar-refractivity contribution in [3.05, 3.63) is 64.0 Å². The highest BCUT2D eigenvalue weighted by Crippen LogP contribution is 2.21. The quantitative estimate of drug-likeness (QED) is 0.541. The summed E-state index contributed by atoms with van der Waals surface area (Å²) in [6.07, 6.45) is 0.536. The number of nitro groups is 1. The van der Waals surface area contributed by atoms with Crippen LogP contribution in [-0.4, -0.2) is 34.0 Å². The Morgan fingerprint density at radius 1 is 1.31 bits per heavy atom. The van der Waals surface area contributed by atoms with Gasteiger partial charge < -0.3 is 14.6 Å². The summed E-state index contributed by atoms with van der Waals surface area (Å²) >= 11 is 0. The van der Waals surface area contributed by atoms with Gasteiger partial charge in [0.1, 0.15) is 11.6 Å². The van der Waals surface area contributed by atoms with Gasteiger partial charge in [0.05, 0.1) is 23.1 Å². The maximum Gasteiger partial charge on any atom is 0.270 e. The van der Waals surface area contributed by atoms with E-state index in [-0.39, 0.29) is 17.2 Å². The molecule has 134 valence electrons. The number of aromatic nitrogens is 2. The minimum absolute atomic E-state index is 0.109. The second-order valence-electron chi connectivity index (χ2n) is 5.76. The summed E-state index contributed by atoms with van der Waals surface area (Å²) in [4.78, 5) is 27.0. The first kappa shape index (κ1) is 17.4. The van der Waals surface area contributed by atoms with E-state index in [1.807, 2.05) is 29.8 Å². The van der Waals surface area contributed by atoms with Gasteiger partial charge in [-0.1, -0.05) is 6.07 Å². The van der Waals surface area contributed by atoms with E-state index in [0.717, 1.165) is 22.6 Å². The molecule has 0 radical (unpaired) electrons. The number of hydrogen-bond donors (Lipinski definition) is 1. The molecule has 3 aromatic rings. The van der Waals surface area contributed by atoms with Crippen LogP contribution in [0.25, 0.3) is 11.0 Å². The maximum atomic E-state index is 12.2. The molecule has 0 spiro atoms. The van der Waals surface area contributed by atoms with Crippen LogP contribution in [0.2, 0.25) is 0 Å². The van der Waals surface area contributed by atoms with Crippen molar-refractivity contribution in [2.75, 3.05) is 13.7 Å². The molecule has 0 saturated heterocycles. The number of rotatable bonds is 6. The highest BCUT2D eigenvalue weighted by Gasteiger charge is 2.12. The number of non-ortho nitro benzene ring substituents is 1. The smallest absolute Gasteiger partial charge is 0.270 e. The van der Waals surface area contributed by atoms with Crippen molar-refractivity contribution in [2.24, 2.45) is 7.05 Å². The van der Waals surface area contributed by atoms with Gasteiger partial charge >= 0.3 is 0 Å². The SMILES string of the molecule is COc1ccc2c(c1)nc(CCNC(=O)c1cccc([N+](=O)[O-])c1)n2C. The number of nitrogens with one attached hydrogen (secondary N) is 1. The van der Waals surface area contributed by atoms with Gasteiger partial charge in [-0.15, -0.1) is 0 Å². The van der Waals surface area contributed by atoms with Crippen LogP contribution in [0.5, 0.6) is 5.75 Å². The molecule has 0 atom stereocenters. The summed E-state index contributed by atoms with van der Waals surface area (Å²) in [5.74, 6) is 1.21. The molecule has 1 heterocycles. The summed E-state index contributed by atoms with van der Waals surface area (Å²) in [5, 5.41) is 13.6. The molecule has 0 fully saturated rings. The van der Waals surface area contributed by atoms with Gasteiger partial charge in [0.25, 0.3) is 11.6 Å². The lowest BCUT2D eigenvalue weighted by Crippen LogP contribution is -2.26. The third-order valence-electron chi connectivity index (χ3n) is 4.13. The van der Waals surface area contributed by atoms with E-state index in [2.05, 4.69) is 10.3 Å². The Kier molecular flexibility index (Phi) is 4.83. The van der Waals surface area contributed by atoms with Gasteiger partial charge in [0, 0.05) is 43.8 Å². The molecule has 0 aliphatic rings. The number of carbonyl (C=O) groups is 1. The number of imidazole rings is 1. The number of ether oxygens (including phenoxy) is 1. The molecule has 1 N–H and O–H groups in total. The standard InChI is InChI=1S/C18H18N4O4/c1-21-16-7-6-14(26-2)11-15(16)20-17(21)8-9-19-18(23)12-4-3-5-13(10-12)22(24)25/h3-7,10-11H,8-9H2,1-2H3,(H,19,23). The monoisotopic (exact) mass is 354 g/mol. The van der Waals surface area contributed by atoms with E-state index in [4.69, 9.17) is 4.74 Å². The molecule has 1 amide bonds. The Balaban J connectivity index is 1.67. The lowest BCUT2D eigenvalue weighted by atomic mass is 10.2. The van der Waals surface area contributed by atoms with E-state index >= 15 is 0 Å². The first-order chi connectivity index (χ1) is 12.5. The third kappa shape index (κ3) is 3.49. The van der Waals surface area contributed by atoms with Crippen molar-refractivity contribution in [2.45, 2.75) is 6.42 Å². The molecule has 3 rings (SSSR count). The molecule has 0 aliphatic heterocycles. The first-order valence-corrected chi connectivity index (χ1v) is 8.01. The van der Waals surface area contributed by atoms with Crippen molar-refractivity contribution in [1.82, 2.24) is 14.9 Å². The molecular weight excluding hydrogens is 336 g/mol. The average molecular weight is 354 g/mol. The Labute approximate surface area is 149 Å². The van der Waals surface area contributed by atoms with Crippen LogP contribution >= 0.6 is 0 Å². The van der Waals surface area contributed by atoms with Crippen LogP contribution in [0.3, 0.4) is 0 Å². The molecule has 8 nitrogen and oxygen atoms in total. The second kappa shape index (κ2) is 7.22. The number of methoxy groups -OCH3 is 1. The van der Waals surface area contributed by atoms with Crippen LogP contribution in [0.4, 0.5) is 5.69 Å². The predicted molar refractivity (Wildman–Crippen MR) is 96.4 cm³/mol. The summed E-state index contributed by atoms with van der Waals surface area (Å²) in [6, 6.07) is 11.3. The van der Waals surface area contributed by atoms with Crippen LogP contribution in [0.1, 0.15) is 16.2 Å². The molecule has 8 heteroatoms. The number of amides is 1. The molecule has 1 aromatic heterocycles. The molecule has 2 aromatic carbocycles. The van der Waals surface area contributed by atoms with E-state index in [0.29, 0.717) is 13.0 Å². The molecule has 26 heavy (non-hydrogen) atoms. The molecule has 0 bridgehead atoms. The third-order valence-corrected chi connectivity index (χ3v) is 4.13. The summed E-state index contributed by atoms with van der Waals surface area (Å²) in [7, 11) is 3.52. The lowest BCUT2D eigenvalue weighted by molar-refractivity contribution is -0.384. The highest BCUT2D eigenvalue weighted by molar-refractivity contribution is 5.94. The Morgan fingerprint density at radius 3 is 2.85 bits per heavy atom. The van der Waals surface area contributed by atoms with Crippen LogP contribution in [0.15, 0.2) is 42.5 Å². The average Bonchev–Trinajstić information content (AvgIpc) is 2.96.